The van der Waals surface area contributed by atoms with Crippen LogP contribution in [0.4, 0.5) is 0 Å². The second-order valence-corrected chi connectivity index (χ2v) is 5.36. The maximum atomic E-state index is 9.61. The van der Waals surface area contributed by atoms with E-state index in [-0.39, 0.29) is 5.75 Å². The molecule has 1 aromatic heterocycles. The SMILES string of the molecule is COCc1nc(-c2ccc(O)c(OC)c2)nc(Cl)c1I. The van der Waals surface area contributed by atoms with Crippen LogP contribution in [0.5, 0.6) is 11.5 Å². The summed E-state index contributed by atoms with van der Waals surface area (Å²) >= 11 is 8.20. The Bertz CT molecular complexity index is 637. The summed E-state index contributed by atoms with van der Waals surface area (Å²) in [5, 5.41) is 9.98. The number of benzene rings is 1. The number of hydrogen-bond acceptors (Lipinski definition) is 5. The predicted octanol–water partition coefficient (Wildman–Crippen LogP) is 3.26. The molecule has 0 aliphatic rings. The summed E-state index contributed by atoms with van der Waals surface area (Å²) in [6, 6.07) is 4.89. The molecule has 0 spiro atoms. The Labute approximate surface area is 135 Å². The van der Waals surface area contributed by atoms with Crippen molar-refractivity contribution in [2.24, 2.45) is 0 Å². The first-order chi connectivity index (χ1) is 9.56. The van der Waals surface area contributed by atoms with Crippen molar-refractivity contribution < 1.29 is 14.6 Å². The van der Waals surface area contributed by atoms with Gasteiger partial charge >= 0.3 is 0 Å². The number of rotatable bonds is 4. The van der Waals surface area contributed by atoms with E-state index in [1.165, 1.54) is 13.2 Å². The first kappa shape index (κ1) is 15.3. The number of phenolic OH excluding ortho intramolecular Hbond substituents is 1. The molecule has 5 nitrogen and oxygen atoms in total. The summed E-state index contributed by atoms with van der Waals surface area (Å²) < 4.78 is 10.9. The van der Waals surface area contributed by atoms with E-state index >= 15 is 0 Å². The lowest BCUT2D eigenvalue weighted by molar-refractivity contribution is 0.181. The molecule has 0 unspecified atom stereocenters. The summed E-state index contributed by atoms with van der Waals surface area (Å²) in [6.45, 7) is 0.350. The molecule has 1 N–H and O–H groups in total. The zero-order valence-corrected chi connectivity index (χ0v) is 13.8. The zero-order chi connectivity index (χ0) is 14.7. The van der Waals surface area contributed by atoms with Crippen molar-refractivity contribution in [3.8, 4) is 22.9 Å². The van der Waals surface area contributed by atoms with Crippen LogP contribution in [-0.4, -0.2) is 29.3 Å². The van der Waals surface area contributed by atoms with Crippen molar-refractivity contribution in [2.45, 2.75) is 6.61 Å². The molecule has 0 atom stereocenters. The van der Waals surface area contributed by atoms with Gasteiger partial charge in [-0.25, -0.2) is 9.97 Å². The van der Waals surface area contributed by atoms with Crippen LogP contribution in [0.15, 0.2) is 18.2 Å². The average Bonchev–Trinajstić information content (AvgIpc) is 2.44. The second-order valence-electron chi connectivity index (χ2n) is 3.92. The molecule has 106 valence electrons. The van der Waals surface area contributed by atoms with E-state index in [1.807, 2.05) is 0 Å². The third kappa shape index (κ3) is 3.13. The number of aromatic hydroxyl groups is 1. The minimum Gasteiger partial charge on any atom is -0.504 e. The van der Waals surface area contributed by atoms with Gasteiger partial charge in [0.05, 0.1) is 23.0 Å². The van der Waals surface area contributed by atoms with Crippen LogP contribution in [0.2, 0.25) is 5.15 Å². The Morgan fingerprint density at radius 2 is 2.05 bits per heavy atom. The summed E-state index contributed by atoms with van der Waals surface area (Å²) in [7, 11) is 3.08. The topological polar surface area (TPSA) is 64.5 Å². The van der Waals surface area contributed by atoms with Gasteiger partial charge in [-0.15, -0.1) is 0 Å². The van der Waals surface area contributed by atoms with Gasteiger partial charge in [0.2, 0.25) is 0 Å². The van der Waals surface area contributed by atoms with Crippen molar-refractivity contribution in [1.82, 2.24) is 9.97 Å². The molecule has 7 heteroatoms. The number of ether oxygens (including phenoxy) is 2. The van der Waals surface area contributed by atoms with E-state index in [9.17, 15) is 5.11 Å². The zero-order valence-electron chi connectivity index (χ0n) is 10.9. The highest BCUT2D eigenvalue weighted by molar-refractivity contribution is 14.1. The van der Waals surface area contributed by atoms with Crippen LogP contribution in [0.3, 0.4) is 0 Å². The normalized spacial score (nSPS) is 10.6. The van der Waals surface area contributed by atoms with Crippen LogP contribution < -0.4 is 4.74 Å². The van der Waals surface area contributed by atoms with Gasteiger partial charge in [0.25, 0.3) is 0 Å². The fourth-order valence-corrected chi connectivity index (χ4v) is 2.23. The maximum Gasteiger partial charge on any atom is 0.161 e. The van der Waals surface area contributed by atoms with Gasteiger partial charge in [0, 0.05) is 12.7 Å². The summed E-state index contributed by atoms with van der Waals surface area (Å²) in [5.41, 5.74) is 1.42. The number of phenols is 1. The standard InChI is InChI=1S/C13H12ClIN2O3/c1-19-6-8-11(15)12(14)17-13(16-8)7-3-4-9(18)10(5-7)20-2/h3-5,18H,6H2,1-2H3. The fourth-order valence-electron chi connectivity index (χ4n) is 1.64. The Balaban J connectivity index is 2.52. The van der Waals surface area contributed by atoms with Crippen LogP contribution in [0.25, 0.3) is 11.4 Å². The minimum absolute atomic E-state index is 0.0602. The van der Waals surface area contributed by atoms with Gasteiger partial charge in [-0.1, -0.05) is 11.6 Å². The molecule has 0 amide bonds. The van der Waals surface area contributed by atoms with Crippen molar-refractivity contribution in [3.63, 3.8) is 0 Å². The van der Waals surface area contributed by atoms with Gasteiger partial charge in [0.1, 0.15) is 5.15 Å². The summed E-state index contributed by atoms with van der Waals surface area (Å²) in [4.78, 5) is 8.68. The summed E-state index contributed by atoms with van der Waals surface area (Å²) in [5.74, 6) is 0.875. The molecule has 0 aliphatic heterocycles. The van der Waals surface area contributed by atoms with Crippen LogP contribution in [0, 0.1) is 3.57 Å². The highest BCUT2D eigenvalue weighted by Crippen LogP contribution is 2.31. The van der Waals surface area contributed by atoms with Crippen LogP contribution in [0.1, 0.15) is 5.69 Å². The van der Waals surface area contributed by atoms with E-state index in [0.29, 0.717) is 28.9 Å². The molecule has 20 heavy (non-hydrogen) atoms. The van der Waals surface area contributed by atoms with Gasteiger partial charge in [0.15, 0.2) is 17.3 Å². The van der Waals surface area contributed by atoms with Gasteiger partial charge in [-0.2, -0.15) is 0 Å². The quantitative estimate of drug-likeness (QED) is 0.624. The Morgan fingerprint density at radius 3 is 2.70 bits per heavy atom. The first-order valence-corrected chi connectivity index (χ1v) is 7.10. The Morgan fingerprint density at radius 1 is 1.30 bits per heavy atom. The number of nitrogens with zero attached hydrogens (tertiary/aromatic N) is 2. The van der Waals surface area contributed by atoms with E-state index in [2.05, 4.69) is 32.6 Å². The third-order valence-corrected chi connectivity index (χ3v) is 4.32. The molecule has 1 aromatic carbocycles. The van der Waals surface area contributed by atoms with Crippen molar-refractivity contribution in [1.29, 1.82) is 0 Å². The van der Waals surface area contributed by atoms with E-state index in [4.69, 9.17) is 21.1 Å². The van der Waals surface area contributed by atoms with E-state index < -0.39 is 0 Å². The smallest absolute Gasteiger partial charge is 0.161 e. The van der Waals surface area contributed by atoms with Crippen molar-refractivity contribution in [2.75, 3.05) is 14.2 Å². The first-order valence-electron chi connectivity index (χ1n) is 5.65. The lowest BCUT2D eigenvalue weighted by Crippen LogP contribution is -2.02. The number of methoxy groups -OCH3 is 2. The molecule has 0 radical (unpaired) electrons. The largest absolute Gasteiger partial charge is 0.504 e. The second kappa shape index (κ2) is 6.55. The fraction of sp³-hybridized carbons (Fsp3) is 0.231. The molecule has 2 rings (SSSR count). The third-order valence-electron chi connectivity index (χ3n) is 2.60. The van der Waals surface area contributed by atoms with Crippen LogP contribution >= 0.6 is 34.2 Å². The van der Waals surface area contributed by atoms with E-state index in [0.717, 1.165) is 9.26 Å². The van der Waals surface area contributed by atoms with E-state index in [1.54, 1.807) is 19.2 Å². The molecule has 0 bridgehead atoms. The molecule has 0 saturated heterocycles. The number of hydrogen-bond donors (Lipinski definition) is 1. The van der Waals surface area contributed by atoms with Crippen LogP contribution in [-0.2, 0) is 11.3 Å². The van der Waals surface area contributed by atoms with Gasteiger partial charge < -0.3 is 14.6 Å². The molecule has 0 saturated carbocycles. The molecule has 2 aromatic rings. The Hall–Kier alpha value is -1.12. The van der Waals surface area contributed by atoms with Gasteiger partial charge in [-0.05, 0) is 40.8 Å². The predicted molar refractivity (Wildman–Crippen MR) is 84.1 cm³/mol. The lowest BCUT2D eigenvalue weighted by atomic mass is 10.2. The van der Waals surface area contributed by atoms with Crippen molar-refractivity contribution in [3.05, 3.63) is 32.6 Å². The minimum atomic E-state index is 0.0602. The lowest BCUT2D eigenvalue weighted by Gasteiger charge is -2.09. The molecular formula is C13H12ClIN2O3. The summed E-state index contributed by atoms with van der Waals surface area (Å²) in [6.07, 6.45) is 0. The van der Waals surface area contributed by atoms with Crippen molar-refractivity contribution >= 4 is 34.2 Å². The Kier molecular flexibility index (Phi) is 5.00. The molecular weight excluding hydrogens is 395 g/mol. The number of aromatic nitrogens is 2. The average molecular weight is 407 g/mol. The molecule has 0 fully saturated rings. The molecule has 0 aliphatic carbocycles. The highest BCUT2D eigenvalue weighted by Gasteiger charge is 2.13. The number of halogens is 2. The highest BCUT2D eigenvalue weighted by atomic mass is 127. The maximum absolute atomic E-state index is 9.61. The van der Waals surface area contributed by atoms with Gasteiger partial charge in [-0.3, -0.25) is 0 Å². The monoisotopic (exact) mass is 406 g/mol. The molecule has 1 heterocycles.